The van der Waals surface area contributed by atoms with E-state index in [1.807, 2.05) is 6.07 Å². The number of nitrogens with zero attached hydrogens (tertiary/aromatic N) is 2. The quantitative estimate of drug-likeness (QED) is 0.246. The van der Waals surface area contributed by atoms with E-state index in [1.165, 1.54) is 23.0 Å². The first kappa shape index (κ1) is 29.2. The van der Waals surface area contributed by atoms with E-state index in [0.717, 1.165) is 0 Å². The largest absolute Gasteiger partial charge is 0.497 e. The summed E-state index contributed by atoms with van der Waals surface area (Å²) in [4.78, 5) is 32.3. The van der Waals surface area contributed by atoms with Crippen LogP contribution in [0.15, 0.2) is 68.5 Å². The minimum Gasteiger partial charge on any atom is -0.497 e. The Kier molecular flexibility index (Phi) is 9.16. The highest BCUT2D eigenvalue weighted by atomic mass is 79.9. The van der Waals surface area contributed by atoms with Crippen molar-refractivity contribution < 1.29 is 28.5 Å². The Morgan fingerprint density at radius 3 is 2.55 bits per heavy atom. The molecule has 0 N–H and O–H groups in total. The van der Waals surface area contributed by atoms with Crippen LogP contribution in [0.1, 0.15) is 31.0 Å². The average molecular weight is 630 g/mol. The highest BCUT2D eigenvalue weighted by molar-refractivity contribution is 9.10. The minimum atomic E-state index is -0.849. The van der Waals surface area contributed by atoms with Crippen molar-refractivity contribution in [1.29, 1.82) is 0 Å². The molecule has 0 saturated heterocycles. The van der Waals surface area contributed by atoms with E-state index in [0.29, 0.717) is 60.2 Å². The number of rotatable bonds is 10. The first-order valence-electron chi connectivity index (χ1n) is 12.3. The van der Waals surface area contributed by atoms with E-state index in [1.54, 1.807) is 64.5 Å². The van der Waals surface area contributed by atoms with Crippen LogP contribution in [0.3, 0.4) is 0 Å². The molecule has 4 rings (SSSR count). The molecular formula is C29H29BrN2O7S. The van der Waals surface area contributed by atoms with Gasteiger partial charge in [0, 0.05) is 5.56 Å². The SMILES string of the molecule is C=CCOc1c(Br)cc(/C=c2/sc3n(c2=O)[C@@H](c2cc(OC)ccc2OC)C(C(=O)OCC)=C(C)N=3)cc1OC. The molecule has 2 heterocycles. The molecule has 0 saturated carbocycles. The van der Waals surface area contributed by atoms with Gasteiger partial charge in [0.2, 0.25) is 0 Å². The van der Waals surface area contributed by atoms with Gasteiger partial charge < -0.3 is 23.7 Å². The number of halogens is 1. The summed E-state index contributed by atoms with van der Waals surface area (Å²) in [5, 5.41) is 0. The number of ether oxygens (including phenoxy) is 5. The molecule has 0 bridgehead atoms. The molecule has 3 aromatic rings. The molecule has 0 amide bonds. The third-order valence-corrected chi connectivity index (χ3v) is 7.72. The molecule has 210 valence electrons. The van der Waals surface area contributed by atoms with Gasteiger partial charge in [-0.05, 0) is 71.7 Å². The average Bonchev–Trinajstić information content (AvgIpc) is 3.24. The number of hydrogen-bond donors (Lipinski definition) is 0. The molecule has 40 heavy (non-hydrogen) atoms. The van der Waals surface area contributed by atoms with E-state index in [9.17, 15) is 9.59 Å². The second-order valence-electron chi connectivity index (χ2n) is 8.54. The molecule has 9 nitrogen and oxygen atoms in total. The van der Waals surface area contributed by atoms with Gasteiger partial charge in [-0.2, -0.15) is 0 Å². The van der Waals surface area contributed by atoms with Crippen LogP contribution in [0.5, 0.6) is 23.0 Å². The molecular weight excluding hydrogens is 600 g/mol. The van der Waals surface area contributed by atoms with Gasteiger partial charge in [-0.1, -0.05) is 24.0 Å². The lowest BCUT2D eigenvalue weighted by molar-refractivity contribution is -0.139. The molecule has 0 unspecified atom stereocenters. The Balaban J connectivity index is 1.96. The minimum absolute atomic E-state index is 0.172. The van der Waals surface area contributed by atoms with E-state index >= 15 is 0 Å². The van der Waals surface area contributed by atoms with Crippen LogP contribution >= 0.6 is 27.3 Å². The Morgan fingerprint density at radius 1 is 1.15 bits per heavy atom. The number of esters is 1. The summed E-state index contributed by atoms with van der Waals surface area (Å²) in [6.07, 6.45) is 3.39. The normalized spacial score (nSPS) is 14.8. The maximum atomic E-state index is 14.0. The van der Waals surface area contributed by atoms with Crippen molar-refractivity contribution in [2.45, 2.75) is 19.9 Å². The zero-order valence-corrected chi connectivity index (χ0v) is 25.2. The Hall–Kier alpha value is -3.83. The first-order chi connectivity index (χ1) is 19.3. The predicted molar refractivity (Wildman–Crippen MR) is 156 cm³/mol. The number of benzene rings is 2. The molecule has 0 radical (unpaired) electrons. The van der Waals surface area contributed by atoms with Gasteiger partial charge in [-0.25, -0.2) is 9.79 Å². The van der Waals surface area contributed by atoms with E-state index in [-0.39, 0.29) is 17.7 Å². The summed E-state index contributed by atoms with van der Waals surface area (Å²) >= 11 is 4.75. The number of aromatic nitrogens is 1. The summed E-state index contributed by atoms with van der Waals surface area (Å²) < 4.78 is 30.3. The third kappa shape index (κ3) is 5.57. The van der Waals surface area contributed by atoms with E-state index < -0.39 is 12.0 Å². The van der Waals surface area contributed by atoms with Gasteiger partial charge in [0.05, 0.1) is 48.2 Å². The van der Waals surface area contributed by atoms with Crippen LogP contribution in [-0.4, -0.2) is 45.1 Å². The van der Waals surface area contributed by atoms with Gasteiger partial charge in [0.15, 0.2) is 16.3 Å². The zero-order valence-electron chi connectivity index (χ0n) is 22.8. The number of hydrogen-bond acceptors (Lipinski definition) is 9. The molecule has 11 heteroatoms. The number of fused-ring (bicyclic) bond motifs is 1. The maximum Gasteiger partial charge on any atom is 0.338 e. The van der Waals surface area contributed by atoms with Crippen LogP contribution < -0.4 is 33.8 Å². The van der Waals surface area contributed by atoms with Crippen molar-refractivity contribution in [1.82, 2.24) is 4.57 Å². The lowest BCUT2D eigenvalue weighted by Crippen LogP contribution is -2.40. The molecule has 2 aromatic carbocycles. The lowest BCUT2D eigenvalue weighted by Gasteiger charge is -2.26. The van der Waals surface area contributed by atoms with Gasteiger partial charge in [0.1, 0.15) is 24.1 Å². The number of thiazole rings is 1. The molecule has 1 aromatic heterocycles. The van der Waals surface area contributed by atoms with Crippen molar-refractivity contribution in [3.05, 3.63) is 89.5 Å². The number of allylic oxidation sites excluding steroid dienone is 1. The van der Waals surface area contributed by atoms with Gasteiger partial charge in [-0.15, -0.1) is 0 Å². The van der Waals surface area contributed by atoms with Crippen molar-refractivity contribution in [3.63, 3.8) is 0 Å². The first-order valence-corrected chi connectivity index (χ1v) is 13.9. The molecule has 0 aliphatic carbocycles. The summed E-state index contributed by atoms with van der Waals surface area (Å²) in [6, 6.07) is 8.00. The van der Waals surface area contributed by atoms with Crippen molar-refractivity contribution >= 4 is 39.3 Å². The summed E-state index contributed by atoms with van der Waals surface area (Å²) in [6.45, 7) is 7.61. The topological polar surface area (TPSA) is 97.6 Å². The second-order valence-corrected chi connectivity index (χ2v) is 10.4. The Morgan fingerprint density at radius 2 is 1.90 bits per heavy atom. The predicted octanol–water partition coefficient (Wildman–Crippen LogP) is 4.15. The third-order valence-electron chi connectivity index (χ3n) is 6.14. The fourth-order valence-corrected chi connectivity index (χ4v) is 6.02. The highest BCUT2D eigenvalue weighted by Crippen LogP contribution is 2.38. The van der Waals surface area contributed by atoms with Crippen molar-refractivity contribution in [2.75, 3.05) is 34.5 Å². The maximum absolute atomic E-state index is 14.0. The molecule has 1 aliphatic rings. The van der Waals surface area contributed by atoms with Crippen LogP contribution in [-0.2, 0) is 9.53 Å². The molecule has 1 aliphatic heterocycles. The van der Waals surface area contributed by atoms with Crippen LogP contribution in [0, 0.1) is 0 Å². The fraction of sp³-hybridized carbons (Fsp3) is 0.276. The highest BCUT2D eigenvalue weighted by Gasteiger charge is 2.35. The Labute approximate surface area is 243 Å². The standard InChI is InChI=1S/C29H29BrN2O7S/c1-7-11-39-26-20(30)12-17(13-22(26)37-6)14-23-27(33)32-25(19-15-18(35-4)9-10-21(19)36-5)24(28(34)38-8-2)16(3)31-29(32)40-23/h7,9-10,12-15,25H,1,8,11H2,2-6H3/b23-14+/t25-/m0/s1. The van der Waals surface area contributed by atoms with Crippen molar-refractivity contribution in [3.8, 4) is 23.0 Å². The molecule has 0 fully saturated rings. The smallest absolute Gasteiger partial charge is 0.338 e. The Bertz CT molecular complexity index is 1670. The summed E-state index contributed by atoms with van der Waals surface area (Å²) in [5.74, 6) is 1.50. The van der Waals surface area contributed by atoms with Crippen molar-refractivity contribution in [2.24, 2.45) is 4.99 Å². The summed E-state index contributed by atoms with van der Waals surface area (Å²) in [5.41, 5.74) is 1.65. The van der Waals surface area contributed by atoms with Gasteiger partial charge in [0.25, 0.3) is 5.56 Å². The number of methoxy groups -OCH3 is 3. The fourth-order valence-electron chi connectivity index (χ4n) is 4.40. The number of carbonyl (C=O) groups is 1. The monoisotopic (exact) mass is 628 g/mol. The van der Waals surface area contributed by atoms with E-state index in [2.05, 4.69) is 27.5 Å². The van der Waals surface area contributed by atoms with Gasteiger partial charge in [-0.3, -0.25) is 9.36 Å². The van der Waals surface area contributed by atoms with Gasteiger partial charge >= 0.3 is 5.97 Å². The summed E-state index contributed by atoms with van der Waals surface area (Å²) in [7, 11) is 4.62. The number of carbonyl (C=O) groups excluding carboxylic acids is 1. The van der Waals surface area contributed by atoms with Crippen LogP contribution in [0.25, 0.3) is 6.08 Å². The van der Waals surface area contributed by atoms with E-state index in [4.69, 9.17) is 23.7 Å². The zero-order chi connectivity index (χ0) is 29.0. The molecule has 1 atom stereocenters. The molecule has 0 spiro atoms. The van der Waals surface area contributed by atoms with Crippen LogP contribution in [0.4, 0.5) is 0 Å². The van der Waals surface area contributed by atoms with Crippen LogP contribution in [0.2, 0.25) is 0 Å². The lowest BCUT2D eigenvalue weighted by atomic mass is 9.94. The second kappa shape index (κ2) is 12.6.